The molecule has 0 saturated heterocycles. The second-order valence-corrected chi connectivity index (χ2v) is 4.89. The van der Waals surface area contributed by atoms with Crippen LogP contribution in [0, 0.1) is 0 Å². The monoisotopic (exact) mass is 317 g/mol. The number of tetrazole rings is 1. The molecule has 1 aromatic carbocycles. The summed E-state index contributed by atoms with van der Waals surface area (Å²) in [4.78, 5) is 3.98. The van der Waals surface area contributed by atoms with E-state index in [1.807, 2.05) is 30.3 Å². The van der Waals surface area contributed by atoms with Gasteiger partial charge in [0.05, 0.1) is 5.69 Å². The van der Waals surface area contributed by atoms with E-state index in [1.165, 1.54) is 12.3 Å². The van der Waals surface area contributed by atoms with Crippen LogP contribution in [-0.4, -0.2) is 36.4 Å². The molecule has 0 bridgehead atoms. The van der Waals surface area contributed by atoms with Gasteiger partial charge in [-0.1, -0.05) is 36.4 Å². The second-order valence-electron chi connectivity index (χ2n) is 4.89. The number of benzene rings is 1. The van der Waals surface area contributed by atoms with Gasteiger partial charge in [0.25, 0.3) is 0 Å². The van der Waals surface area contributed by atoms with E-state index < -0.39 is 18.6 Å². The third-order valence-corrected chi connectivity index (χ3v) is 3.38. The lowest BCUT2D eigenvalue weighted by Gasteiger charge is -2.18. The van der Waals surface area contributed by atoms with Crippen LogP contribution in [-0.2, 0) is 0 Å². The highest BCUT2D eigenvalue weighted by molar-refractivity contribution is 5.62. The van der Waals surface area contributed by atoms with E-state index in [0.717, 1.165) is 17.5 Å². The molecule has 0 amide bonds. The summed E-state index contributed by atoms with van der Waals surface area (Å²) >= 11 is 0. The molecule has 6 nitrogen and oxygen atoms in total. The third kappa shape index (κ3) is 3.21. The van der Waals surface area contributed by atoms with E-state index in [9.17, 15) is 13.9 Å². The van der Waals surface area contributed by atoms with Gasteiger partial charge in [-0.3, -0.25) is 4.98 Å². The maximum absolute atomic E-state index is 14.3. The van der Waals surface area contributed by atoms with E-state index in [4.69, 9.17) is 0 Å². The molecule has 118 valence electrons. The fourth-order valence-corrected chi connectivity index (χ4v) is 2.12. The summed E-state index contributed by atoms with van der Waals surface area (Å²) in [7, 11) is 0. The molecule has 0 aliphatic rings. The molecule has 8 heteroatoms. The molecule has 0 spiro atoms. The third-order valence-electron chi connectivity index (χ3n) is 3.38. The Hall–Kier alpha value is -2.74. The van der Waals surface area contributed by atoms with Gasteiger partial charge in [0.1, 0.15) is 12.4 Å². The highest BCUT2D eigenvalue weighted by Crippen LogP contribution is 2.28. The molecule has 0 fully saturated rings. The summed E-state index contributed by atoms with van der Waals surface area (Å²) in [5.74, 6) is 0. The van der Waals surface area contributed by atoms with Gasteiger partial charge >= 0.3 is 0 Å². The number of hydrogen-bond donors (Lipinski definition) is 1. The minimum absolute atomic E-state index is 0.0621. The molecule has 0 aliphatic carbocycles. The van der Waals surface area contributed by atoms with Crippen LogP contribution in [0.5, 0.6) is 0 Å². The van der Waals surface area contributed by atoms with Crippen molar-refractivity contribution < 1.29 is 13.9 Å². The molecule has 0 saturated carbocycles. The lowest BCUT2D eigenvalue weighted by atomic mass is 10.1. The Morgan fingerprint density at radius 2 is 1.78 bits per heavy atom. The van der Waals surface area contributed by atoms with Gasteiger partial charge in [-0.05, 0) is 22.1 Å². The maximum Gasteiger partial charge on any atom is 0.224 e. The summed E-state index contributed by atoms with van der Waals surface area (Å²) in [6.07, 6.45) is -3.62. The highest BCUT2D eigenvalue weighted by Gasteiger charge is 2.32. The number of aliphatic hydroxyl groups is 1. The van der Waals surface area contributed by atoms with Crippen LogP contribution in [0.25, 0.3) is 11.1 Å². The van der Waals surface area contributed by atoms with Crippen molar-refractivity contribution in [3.05, 3.63) is 60.7 Å². The first-order valence-electron chi connectivity index (χ1n) is 6.87. The minimum Gasteiger partial charge on any atom is -0.385 e. The quantitative estimate of drug-likeness (QED) is 0.781. The van der Waals surface area contributed by atoms with E-state index in [-0.39, 0.29) is 5.69 Å². The number of halogens is 2. The van der Waals surface area contributed by atoms with Gasteiger partial charge in [-0.2, -0.15) is 4.68 Å². The summed E-state index contributed by atoms with van der Waals surface area (Å²) in [5, 5.41) is 19.6. The van der Waals surface area contributed by atoms with Gasteiger partial charge in [-0.15, -0.1) is 5.10 Å². The molecule has 2 aromatic heterocycles. The molecule has 0 radical (unpaired) electrons. The highest BCUT2D eigenvalue weighted by atomic mass is 19.1. The topological polar surface area (TPSA) is 76.7 Å². The molecule has 3 atom stereocenters. The van der Waals surface area contributed by atoms with Crippen molar-refractivity contribution in [2.75, 3.05) is 0 Å². The molecule has 3 aromatic rings. The molecular formula is C15H13F2N5O. The van der Waals surface area contributed by atoms with Gasteiger partial charge in [0, 0.05) is 11.8 Å². The van der Waals surface area contributed by atoms with Crippen molar-refractivity contribution in [3.8, 4) is 11.1 Å². The van der Waals surface area contributed by atoms with Crippen LogP contribution >= 0.6 is 0 Å². The fraction of sp³-hybridized carbons (Fsp3) is 0.200. The minimum atomic E-state index is -2.10. The van der Waals surface area contributed by atoms with Gasteiger partial charge in [0.15, 0.2) is 6.17 Å². The van der Waals surface area contributed by atoms with Crippen LogP contribution < -0.4 is 0 Å². The lowest BCUT2D eigenvalue weighted by Crippen LogP contribution is -2.26. The zero-order valence-corrected chi connectivity index (χ0v) is 11.9. The Morgan fingerprint density at radius 1 is 1.00 bits per heavy atom. The number of aromatic nitrogens is 5. The summed E-state index contributed by atoms with van der Waals surface area (Å²) in [6, 6.07) is 12.5. The zero-order chi connectivity index (χ0) is 16.2. The van der Waals surface area contributed by atoms with E-state index in [0.29, 0.717) is 4.68 Å². The van der Waals surface area contributed by atoms with Crippen molar-refractivity contribution >= 4 is 0 Å². The van der Waals surface area contributed by atoms with Crippen molar-refractivity contribution in [3.63, 3.8) is 0 Å². The van der Waals surface area contributed by atoms with Crippen LogP contribution in [0.2, 0.25) is 0 Å². The number of alkyl halides is 2. The Morgan fingerprint density at radius 3 is 2.39 bits per heavy atom. The Balaban J connectivity index is 1.76. The van der Waals surface area contributed by atoms with Crippen molar-refractivity contribution in [1.82, 2.24) is 25.2 Å². The second kappa shape index (κ2) is 6.57. The largest absolute Gasteiger partial charge is 0.385 e. The first-order chi connectivity index (χ1) is 11.2. The summed E-state index contributed by atoms with van der Waals surface area (Å²) in [5.41, 5.74) is 1.67. The number of hydrogen-bond acceptors (Lipinski definition) is 5. The van der Waals surface area contributed by atoms with Gasteiger partial charge in [0.2, 0.25) is 6.30 Å². The number of rotatable bonds is 5. The molecule has 23 heavy (non-hydrogen) atoms. The smallest absolute Gasteiger partial charge is 0.224 e. The van der Waals surface area contributed by atoms with E-state index in [2.05, 4.69) is 20.5 Å². The number of pyridine rings is 1. The van der Waals surface area contributed by atoms with Crippen LogP contribution in [0.4, 0.5) is 8.78 Å². The van der Waals surface area contributed by atoms with Crippen LogP contribution in [0.3, 0.4) is 0 Å². The van der Waals surface area contributed by atoms with E-state index >= 15 is 0 Å². The first kappa shape index (κ1) is 15.2. The van der Waals surface area contributed by atoms with Crippen LogP contribution in [0.15, 0.2) is 55.0 Å². The molecule has 2 heterocycles. The fourth-order valence-electron chi connectivity index (χ4n) is 2.12. The summed E-state index contributed by atoms with van der Waals surface area (Å²) < 4.78 is 28.9. The predicted molar refractivity (Wildman–Crippen MR) is 77.5 cm³/mol. The molecule has 1 N–H and O–H groups in total. The maximum atomic E-state index is 14.3. The average molecular weight is 317 g/mol. The molecule has 3 unspecified atom stereocenters. The lowest BCUT2D eigenvalue weighted by molar-refractivity contribution is -0.0294. The predicted octanol–water partition coefficient (Wildman–Crippen LogP) is 2.27. The standard InChI is InChI=1S/C15H13F2N5O/c16-13(14(23)15(17)22-9-19-20-21-22)12-7-6-11(8-18-12)10-4-2-1-3-5-10/h1-9,13-15,23H. The van der Waals surface area contributed by atoms with Crippen molar-refractivity contribution in [1.29, 1.82) is 0 Å². The number of nitrogens with zero attached hydrogens (tertiary/aromatic N) is 5. The Kier molecular flexibility index (Phi) is 4.33. The Bertz CT molecular complexity index is 736. The van der Waals surface area contributed by atoms with Crippen molar-refractivity contribution in [2.24, 2.45) is 0 Å². The molecule has 3 rings (SSSR count). The molecule has 0 aliphatic heterocycles. The zero-order valence-electron chi connectivity index (χ0n) is 11.9. The Labute approximate surface area is 130 Å². The van der Waals surface area contributed by atoms with E-state index in [1.54, 1.807) is 6.07 Å². The average Bonchev–Trinajstić information content (AvgIpc) is 3.15. The normalized spacial score (nSPS) is 15.1. The van der Waals surface area contributed by atoms with Gasteiger partial charge < -0.3 is 5.11 Å². The SMILES string of the molecule is OC(C(F)c1ccc(-c2ccccc2)cn1)C(F)n1cnnn1. The van der Waals surface area contributed by atoms with Crippen molar-refractivity contribution in [2.45, 2.75) is 18.6 Å². The van der Waals surface area contributed by atoms with Crippen LogP contribution in [0.1, 0.15) is 18.2 Å². The summed E-state index contributed by atoms with van der Waals surface area (Å²) in [6.45, 7) is 0. The first-order valence-corrected chi connectivity index (χ1v) is 6.87. The molecular weight excluding hydrogens is 304 g/mol. The number of aliphatic hydroxyl groups excluding tert-OH is 1. The van der Waals surface area contributed by atoms with Gasteiger partial charge in [-0.25, -0.2) is 8.78 Å².